The van der Waals surface area contributed by atoms with E-state index in [1.807, 2.05) is 14.0 Å². The number of nitrogens with zero attached hydrogens (tertiary/aromatic N) is 2. The smallest absolute Gasteiger partial charge is 0.242 e. The van der Waals surface area contributed by atoms with Crippen molar-refractivity contribution >= 4 is 0 Å². The first-order valence-electron chi connectivity index (χ1n) is 4.89. The van der Waals surface area contributed by atoms with Gasteiger partial charge >= 0.3 is 0 Å². The van der Waals surface area contributed by atoms with Crippen LogP contribution in [0.15, 0.2) is 4.42 Å². The number of hydrogen-bond acceptors (Lipinski definition) is 5. The van der Waals surface area contributed by atoms with Crippen LogP contribution < -0.4 is 5.32 Å². The molecule has 80 valence electrons. The van der Waals surface area contributed by atoms with Crippen molar-refractivity contribution in [3.8, 4) is 0 Å². The van der Waals surface area contributed by atoms with Gasteiger partial charge in [0.2, 0.25) is 11.8 Å². The third-order valence-electron chi connectivity index (χ3n) is 1.97. The van der Waals surface area contributed by atoms with E-state index in [0.29, 0.717) is 25.0 Å². The lowest BCUT2D eigenvalue weighted by molar-refractivity contribution is 0.112. The third-order valence-corrected chi connectivity index (χ3v) is 1.97. The molecule has 0 aliphatic carbocycles. The van der Waals surface area contributed by atoms with Crippen LogP contribution in [0.2, 0.25) is 0 Å². The van der Waals surface area contributed by atoms with E-state index in [0.717, 1.165) is 6.42 Å². The molecule has 0 saturated carbocycles. The third kappa shape index (κ3) is 2.78. The molecule has 1 unspecified atom stereocenters. The van der Waals surface area contributed by atoms with Crippen LogP contribution in [0.3, 0.4) is 0 Å². The summed E-state index contributed by atoms with van der Waals surface area (Å²) in [6, 6.07) is 0.137. The number of nitrogens with one attached hydrogen (secondary N) is 1. The van der Waals surface area contributed by atoms with Crippen LogP contribution in [0.1, 0.15) is 38.1 Å². The highest BCUT2D eigenvalue weighted by atomic mass is 16.5. The van der Waals surface area contributed by atoms with Crippen LogP contribution in [0.25, 0.3) is 0 Å². The van der Waals surface area contributed by atoms with Gasteiger partial charge in [0.1, 0.15) is 6.61 Å². The standard InChI is InChI=1S/C9H17N3O2/c1-4-7(10-3)9-12-11-8(14-9)6-13-5-2/h7,10H,4-6H2,1-3H3. The van der Waals surface area contributed by atoms with Gasteiger partial charge in [0.05, 0.1) is 6.04 Å². The van der Waals surface area contributed by atoms with Crippen molar-refractivity contribution in [2.24, 2.45) is 0 Å². The van der Waals surface area contributed by atoms with Crippen molar-refractivity contribution in [3.05, 3.63) is 11.8 Å². The van der Waals surface area contributed by atoms with E-state index >= 15 is 0 Å². The molecule has 0 amide bonds. The van der Waals surface area contributed by atoms with Crippen molar-refractivity contribution in [2.75, 3.05) is 13.7 Å². The van der Waals surface area contributed by atoms with Crippen molar-refractivity contribution in [1.82, 2.24) is 15.5 Å². The SMILES string of the molecule is CCOCc1nnc(C(CC)NC)o1. The predicted octanol–water partition coefficient (Wildman–Crippen LogP) is 1.28. The summed E-state index contributed by atoms with van der Waals surface area (Å²) in [5, 5.41) is 10.9. The molecule has 0 aliphatic rings. The fourth-order valence-corrected chi connectivity index (χ4v) is 1.16. The second kappa shape index (κ2) is 5.72. The Morgan fingerprint density at radius 3 is 2.79 bits per heavy atom. The van der Waals surface area contributed by atoms with Crippen molar-refractivity contribution in [1.29, 1.82) is 0 Å². The Kier molecular flexibility index (Phi) is 4.55. The quantitative estimate of drug-likeness (QED) is 0.747. The van der Waals surface area contributed by atoms with Gasteiger partial charge in [-0.25, -0.2) is 0 Å². The lowest BCUT2D eigenvalue weighted by Gasteiger charge is -2.07. The van der Waals surface area contributed by atoms with Crippen LogP contribution in [-0.2, 0) is 11.3 Å². The van der Waals surface area contributed by atoms with Gasteiger partial charge in [-0.3, -0.25) is 0 Å². The molecule has 5 nitrogen and oxygen atoms in total. The molecule has 1 aromatic heterocycles. The summed E-state index contributed by atoms with van der Waals surface area (Å²) in [7, 11) is 1.88. The van der Waals surface area contributed by atoms with E-state index in [9.17, 15) is 0 Å². The number of aromatic nitrogens is 2. The summed E-state index contributed by atoms with van der Waals surface area (Å²) in [6.07, 6.45) is 0.923. The molecule has 1 aromatic rings. The predicted molar refractivity (Wildman–Crippen MR) is 51.7 cm³/mol. The summed E-state index contributed by atoms with van der Waals surface area (Å²) in [5.41, 5.74) is 0. The minimum Gasteiger partial charge on any atom is -0.421 e. The first-order chi connectivity index (χ1) is 6.81. The second-order valence-corrected chi connectivity index (χ2v) is 2.92. The normalized spacial score (nSPS) is 13.1. The van der Waals surface area contributed by atoms with E-state index in [1.54, 1.807) is 0 Å². The highest BCUT2D eigenvalue weighted by Crippen LogP contribution is 2.14. The first kappa shape index (κ1) is 11.1. The van der Waals surface area contributed by atoms with E-state index in [2.05, 4.69) is 22.4 Å². The molecule has 1 rings (SSSR count). The summed E-state index contributed by atoms with van der Waals surface area (Å²) in [4.78, 5) is 0. The van der Waals surface area contributed by atoms with Gasteiger partial charge in [0.25, 0.3) is 0 Å². The largest absolute Gasteiger partial charge is 0.421 e. The average Bonchev–Trinajstić information content (AvgIpc) is 2.65. The zero-order valence-corrected chi connectivity index (χ0v) is 8.91. The van der Waals surface area contributed by atoms with Gasteiger partial charge in [-0.2, -0.15) is 0 Å². The molecule has 1 N–H and O–H groups in total. The maximum absolute atomic E-state index is 5.42. The fraction of sp³-hybridized carbons (Fsp3) is 0.778. The van der Waals surface area contributed by atoms with Crippen LogP contribution in [0.5, 0.6) is 0 Å². The minimum absolute atomic E-state index is 0.137. The Bertz CT molecular complexity index is 258. The lowest BCUT2D eigenvalue weighted by atomic mass is 10.2. The van der Waals surface area contributed by atoms with E-state index in [-0.39, 0.29) is 6.04 Å². The monoisotopic (exact) mass is 199 g/mol. The summed E-state index contributed by atoms with van der Waals surface area (Å²) in [6.45, 7) is 5.04. The van der Waals surface area contributed by atoms with Gasteiger partial charge in [0, 0.05) is 6.61 Å². The van der Waals surface area contributed by atoms with E-state index in [1.165, 1.54) is 0 Å². The van der Waals surface area contributed by atoms with Gasteiger partial charge in [-0.1, -0.05) is 6.92 Å². The average molecular weight is 199 g/mol. The molecular weight excluding hydrogens is 182 g/mol. The molecule has 0 saturated heterocycles. The summed E-state index contributed by atoms with van der Waals surface area (Å²) >= 11 is 0. The molecular formula is C9H17N3O2. The number of rotatable bonds is 6. The Balaban J connectivity index is 2.57. The highest BCUT2D eigenvalue weighted by Gasteiger charge is 2.14. The molecule has 1 atom stereocenters. The molecule has 1 heterocycles. The Hall–Kier alpha value is -0.940. The van der Waals surface area contributed by atoms with E-state index < -0.39 is 0 Å². The van der Waals surface area contributed by atoms with Crippen molar-refractivity contribution in [2.45, 2.75) is 32.9 Å². The van der Waals surface area contributed by atoms with Crippen molar-refractivity contribution < 1.29 is 9.15 Å². The summed E-state index contributed by atoms with van der Waals surface area (Å²) < 4.78 is 10.6. The zero-order valence-electron chi connectivity index (χ0n) is 8.91. The number of hydrogen-bond donors (Lipinski definition) is 1. The Morgan fingerprint density at radius 1 is 1.43 bits per heavy atom. The second-order valence-electron chi connectivity index (χ2n) is 2.92. The zero-order chi connectivity index (χ0) is 10.4. The molecule has 5 heteroatoms. The molecule has 0 radical (unpaired) electrons. The topological polar surface area (TPSA) is 60.2 Å². The summed E-state index contributed by atoms with van der Waals surface area (Å²) in [5.74, 6) is 1.17. The van der Waals surface area contributed by atoms with Crippen LogP contribution in [-0.4, -0.2) is 23.9 Å². The fourth-order valence-electron chi connectivity index (χ4n) is 1.16. The van der Waals surface area contributed by atoms with Crippen LogP contribution in [0, 0.1) is 0 Å². The number of ether oxygens (including phenoxy) is 1. The van der Waals surface area contributed by atoms with Gasteiger partial charge < -0.3 is 14.5 Å². The maximum Gasteiger partial charge on any atom is 0.242 e. The minimum atomic E-state index is 0.137. The first-order valence-corrected chi connectivity index (χ1v) is 4.89. The molecule has 0 spiro atoms. The molecule has 14 heavy (non-hydrogen) atoms. The Morgan fingerprint density at radius 2 is 2.21 bits per heavy atom. The molecule has 0 bridgehead atoms. The molecule has 0 fully saturated rings. The van der Waals surface area contributed by atoms with Crippen LogP contribution in [0.4, 0.5) is 0 Å². The molecule has 0 aromatic carbocycles. The van der Waals surface area contributed by atoms with Crippen LogP contribution >= 0.6 is 0 Å². The van der Waals surface area contributed by atoms with Crippen molar-refractivity contribution in [3.63, 3.8) is 0 Å². The van der Waals surface area contributed by atoms with Gasteiger partial charge in [-0.15, -0.1) is 10.2 Å². The Labute approximate surface area is 83.9 Å². The maximum atomic E-state index is 5.42. The van der Waals surface area contributed by atoms with Gasteiger partial charge in [0.15, 0.2) is 0 Å². The molecule has 0 aliphatic heterocycles. The van der Waals surface area contributed by atoms with Gasteiger partial charge in [-0.05, 0) is 20.4 Å². The highest BCUT2D eigenvalue weighted by molar-refractivity contribution is 4.88. The lowest BCUT2D eigenvalue weighted by Crippen LogP contribution is -2.15. The van der Waals surface area contributed by atoms with E-state index in [4.69, 9.17) is 9.15 Å².